The van der Waals surface area contributed by atoms with Crippen molar-refractivity contribution in [3.63, 3.8) is 0 Å². The molecule has 0 bridgehead atoms. The van der Waals surface area contributed by atoms with E-state index in [1.165, 1.54) is 5.56 Å². The van der Waals surface area contributed by atoms with E-state index in [1.54, 1.807) is 0 Å². The van der Waals surface area contributed by atoms with Gasteiger partial charge in [0.05, 0.1) is 0 Å². The average molecular weight is 252 g/mol. The van der Waals surface area contributed by atoms with Crippen molar-refractivity contribution >= 4 is 12.8 Å². The molecule has 1 heterocycles. The number of benzene rings is 1. The van der Waals surface area contributed by atoms with Gasteiger partial charge in [0.15, 0.2) is 0 Å². The smallest absolute Gasteiger partial charge is 0.0300 e. The van der Waals surface area contributed by atoms with Crippen LogP contribution in [0.2, 0.25) is 0 Å². The highest BCUT2D eigenvalue weighted by Crippen LogP contribution is 2.13. The summed E-state index contributed by atoms with van der Waals surface area (Å²) < 4.78 is 2.13. The molecule has 0 aliphatic carbocycles. The molecule has 2 nitrogen and oxygen atoms in total. The molecule has 1 atom stereocenters. The van der Waals surface area contributed by atoms with Crippen LogP contribution in [0.3, 0.4) is 0 Å². The van der Waals surface area contributed by atoms with Gasteiger partial charge < -0.3 is 0 Å². The highest BCUT2D eigenvalue weighted by Gasteiger charge is 2.20. The third kappa shape index (κ3) is 4.70. The lowest BCUT2D eigenvalue weighted by atomic mass is 10.1. The molecule has 1 aliphatic heterocycles. The second-order valence-electron chi connectivity index (χ2n) is 4.23. The van der Waals surface area contributed by atoms with Gasteiger partial charge in [0.25, 0.3) is 0 Å². The Morgan fingerprint density at radius 1 is 1.18 bits per heavy atom. The molecule has 2 rings (SSSR count). The van der Waals surface area contributed by atoms with E-state index in [9.17, 15) is 0 Å². The minimum Gasteiger partial charge on any atom is -0.296 e. The zero-order valence-electron chi connectivity index (χ0n) is 11.1. The zero-order valence-corrected chi connectivity index (χ0v) is 12.0. The summed E-state index contributed by atoms with van der Waals surface area (Å²) in [5, 5.41) is 0. The van der Waals surface area contributed by atoms with Crippen molar-refractivity contribution in [1.82, 2.24) is 9.21 Å². The molecule has 17 heavy (non-hydrogen) atoms. The first-order valence-corrected chi connectivity index (χ1v) is 6.87. The fourth-order valence-electron chi connectivity index (χ4n) is 2.01. The van der Waals surface area contributed by atoms with Crippen LogP contribution in [0.4, 0.5) is 0 Å². The lowest BCUT2D eigenvalue weighted by Crippen LogP contribution is -2.47. The van der Waals surface area contributed by atoms with Crippen molar-refractivity contribution in [2.75, 3.05) is 19.6 Å². The molecule has 0 spiro atoms. The quantitative estimate of drug-likeness (QED) is 0.808. The Labute approximate surface area is 111 Å². The van der Waals surface area contributed by atoms with E-state index in [1.807, 2.05) is 13.8 Å². The van der Waals surface area contributed by atoms with Crippen LogP contribution in [0.15, 0.2) is 30.3 Å². The Morgan fingerprint density at radius 3 is 2.41 bits per heavy atom. The fraction of sp³-hybridized carbons (Fsp3) is 0.571. The van der Waals surface area contributed by atoms with E-state index in [-0.39, 0.29) is 0 Å². The van der Waals surface area contributed by atoms with Gasteiger partial charge in [-0.05, 0) is 12.5 Å². The number of rotatable bonds is 2. The van der Waals surface area contributed by atoms with Crippen molar-refractivity contribution in [3.8, 4) is 0 Å². The molecule has 0 saturated carbocycles. The summed E-state index contributed by atoms with van der Waals surface area (Å²) in [7, 11) is 0. The maximum absolute atomic E-state index is 4.43. The van der Waals surface area contributed by atoms with Crippen molar-refractivity contribution in [2.45, 2.75) is 33.4 Å². The van der Waals surface area contributed by atoms with E-state index in [0.717, 1.165) is 26.2 Å². The van der Waals surface area contributed by atoms with Gasteiger partial charge >= 0.3 is 0 Å². The van der Waals surface area contributed by atoms with Crippen LogP contribution >= 0.6 is 12.8 Å². The van der Waals surface area contributed by atoms with E-state index in [2.05, 4.69) is 59.3 Å². The summed E-state index contributed by atoms with van der Waals surface area (Å²) >= 11 is 4.43. The monoisotopic (exact) mass is 252 g/mol. The second kappa shape index (κ2) is 7.75. The maximum Gasteiger partial charge on any atom is 0.0300 e. The number of nitrogens with zero attached hydrogens (tertiary/aromatic N) is 2. The minimum absolute atomic E-state index is 0.547. The van der Waals surface area contributed by atoms with E-state index < -0.39 is 0 Å². The van der Waals surface area contributed by atoms with Crippen LogP contribution in [0.1, 0.15) is 26.3 Å². The minimum atomic E-state index is 0.547. The SMILES string of the molecule is CC.CC1CN(Cc2ccccc2)CCN1S. The molecule has 0 N–H and O–H groups in total. The molecule has 1 aromatic rings. The Morgan fingerprint density at radius 2 is 1.82 bits per heavy atom. The first kappa shape index (κ1) is 14.6. The van der Waals surface area contributed by atoms with Crippen LogP contribution in [-0.4, -0.2) is 34.9 Å². The molecule has 1 aromatic carbocycles. The number of thiol groups is 1. The van der Waals surface area contributed by atoms with Crippen LogP contribution in [0.25, 0.3) is 0 Å². The van der Waals surface area contributed by atoms with Gasteiger partial charge in [0.2, 0.25) is 0 Å². The normalized spacial score (nSPS) is 21.8. The Balaban J connectivity index is 0.000000686. The largest absolute Gasteiger partial charge is 0.296 e. The van der Waals surface area contributed by atoms with Gasteiger partial charge in [-0.3, -0.25) is 4.90 Å². The molecule has 0 aromatic heterocycles. The van der Waals surface area contributed by atoms with Gasteiger partial charge in [0.1, 0.15) is 0 Å². The number of hydrogen-bond acceptors (Lipinski definition) is 3. The summed E-state index contributed by atoms with van der Waals surface area (Å²) in [4.78, 5) is 2.49. The maximum atomic E-state index is 4.43. The predicted octanol–water partition coefficient (Wildman–Crippen LogP) is 3.06. The first-order valence-electron chi connectivity index (χ1n) is 6.47. The van der Waals surface area contributed by atoms with Crippen molar-refractivity contribution in [2.24, 2.45) is 0 Å². The van der Waals surface area contributed by atoms with Crippen molar-refractivity contribution < 1.29 is 0 Å². The highest BCUT2D eigenvalue weighted by atomic mass is 32.1. The molecule has 1 aliphatic rings. The number of hydrogen-bond donors (Lipinski definition) is 1. The van der Waals surface area contributed by atoms with Crippen molar-refractivity contribution in [3.05, 3.63) is 35.9 Å². The Hall–Kier alpha value is -0.510. The van der Waals surface area contributed by atoms with Crippen LogP contribution in [0, 0.1) is 0 Å². The molecule has 1 fully saturated rings. The summed E-state index contributed by atoms with van der Waals surface area (Å²) in [6.07, 6.45) is 0. The molecular formula is C14H24N2S. The predicted molar refractivity (Wildman–Crippen MR) is 78.2 cm³/mol. The van der Waals surface area contributed by atoms with Gasteiger partial charge in [-0.15, -0.1) is 0 Å². The lowest BCUT2D eigenvalue weighted by molar-refractivity contribution is 0.147. The molecule has 0 radical (unpaired) electrons. The molecule has 1 unspecified atom stereocenters. The summed E-state index contributed by atoms with van der Waals surface area (Å²) in [5.74, 6) is 0. The first-order chi connectivity index (χ1) is 8.25. The van der Waals surface area contributed by atoms with Gasteiger partial charge in [0, 0.05) is 32.2 Å². The molecule has 96 valence electrons. The van der Waals surface area contributed by atoms with E-state index in [0.29, 0.717) is 6.04 Å². The second-order valence-corrected chi connectivity index (χ2v) is 4.75. The summed E-state index contributed by atoms with van der Waals surface area (Å²) in [5.41, 5.74) is 1.40. The highest BCUT2D eigenvalue weighted by molar-refractivity contribution is 7.77. The van der Waals surface area contributed by atoms with Crippen LogP contribution in [0.5, 0.6) is 0 Å². The van der Waals surface area contributed by atoms with E-state index >= 15 is 0 Å². The van der Waals surface area contributed by atoms with Crippen molar-refractivity contribution in [1.29, 1.82) is 0 Å². The van der Waals surface area contributed by atoms with Crippen LogP contribution in [-0.2, 0) is 6.54 Å². The Kier molecular flexibility index (Phi) is 6.63. The standard InChI is InChI=1S/C12H18N2S.C2H6/c1-11-9-13(7-8-14(11)15)10-12-5-3-2-4-6-12;1-2/h2-6,11,15H,7-10H2,1H3;1-2H3. The summed E-state index contributed by atoms with van der Waals surface area (Å²) in [6, 6.07) is 11.2. The zero-order chi connectivity index (χ0) is 12.7. The molecule has 1 saturated heterocycles. The molecule has 3 heteroatoms. The third-order valence-electron chi connectivity index (χ3n) is 2.93. The van der Waals surface area contributed by atoms with E-state index in [4.69, 9.17) is 0 Å². The molecular weight excluding hydrogens is 228 g/mol. The van der Waals surface area contributed by atoms with Gasteiger partial charge in [-0.1, -0.05) is 57.0 Å². The van der Waals surface area contributed by atoms with Crippen LogP contribution < -0.4 is 0 Å². The lowest BCUT2D eigenvalue weighted by Gasteiger charge is -2.36. The fourth-order valence-corrected chi connectivity index (χ4v) is 2.17. The number of piperazine rings is 1. The topological polar surface area (TPSA) is 6.48 Å². The van der Waals surface area contributed by atoms with Gasteiger partial charge in [-0.25, -0.2) is 4.31 Å². The average Bonchev–Trinajstić information content (AvgIpc) is 2.38. The third-order valence-corrected chi connectivity index (χ3v) is 3.52. The van der Waals surface area contributed by atoms with Gasteiger partial charge in [-0.2, -0.15) is 0 Å². The Bertz CT molecular complexity index is 302. The summed E-state index contributed by atoms with van der Waals surface area (Å²) in [6.45, 7) is 10.6. The molecule has 0 amide bonds.